The van der Waals surface area contributed by atoms with Gasteiger partial charge >= 0.3 is 12.1 Å². The number of benzene rings is 2. The third-order valence-electron chi connectivity index (χ3n) is 4.49. The fourth-order valence-electron chi connectivity index (χ4n) is 3.08. The molecule has 3 rings (SSSR count). The van der Waals surface area contributed by atoms with Crippen molar-refractivity contribution < 1.29 is 32.5 Å². The van der Waals surface area contributed by atoms with Crippen molar-refractivity contribution in [3.63, 3.8) is 0 Å². The highest BCUT2D eigenvalue weighted by Gasteiger charge is 2.29. The lowest BCUT2D eigenvalue weighted by atomic mass is 9.89. The molecule has 1 unspecified atom stereocenters. The van der Waals surface area contributed by atoms with Crippen LogP contribution in [0, 0.1) is 0 Å². The Morgan fingerprint density at radius 2 is 1.85 bits per heavy atom. The van der Waals surface area contributed by atoms with E-state index < -0.39 is 17.7 Å². The first-order valence-electron chi connectivity index (χ1n) is 8.55. The monoisotopic (exact) mass is 380 g/mol. The van der Waals surface area contributed by atoms with E-state index >= 15 is 0 Å². The summed E-state index contributed by atoms with van der Waals surface area (Å²) in [5.74, 6) is -0.327. The van der Waals surface area contributed by atoms with Gasteiger partial charge in [0, 0.05) is 0 Å². The first-order valence-corrected chi connectivity index (χ1v) is 8.55. The zero-order chi connectivity index (χ0) is 19.4. The number of carboxylic acids is 1. The van der Waals surface area contributed by atoms with Crippen molar-refractivity contribution in [1.82, 2.24) is 0 Å². The normalized spacial score (nSPS) is 16.6. The Morgan fingerprint density at radius 3 is 2.52 bits per heavy atom. The summed E-state index contributed by atoms with van der Waals surface area (Å²) in [6, 6.07) is 10.6. The molecule has 0 fully saturated rings. The van der Waals surface area contributed by atoms with Gasteiger partial charge in [-0.15, -0.1) is 0 Å². The Balaban J connectivity index is 1.57. The number of rotatable bonds is 6. The molecule has 1 N–H and O–H groups in total. The van der Waals surface area contributed by atoms with Crippen LogP contribution in [0.3, 0.4) is 0 Å². The fraction of sp³-hybridized carbons (Fsp3) is 0.350. The quantitative estimate of drug-likeness (QED) is 0.814. The van der Waals surface area contributed by atoms with E-state index in [2.05, 4.69) is 0 Å². The molecule has 0 heterocycles. The van der Waals surface area contributed by atoms with Gasteiger partial charge in [0.2, 0.25) is 0 Å². The van der Waals surface area contributed by atoms with E-state index in [1.807, 2.05) is 18.2 Å². The van der Waals surface area contributed by atoms with E-state index in [1.54, 1.807) is 0 Å². The standard InChI is InChI=1S/C20H19F3O4/c21-20(22,23)16-5-1-13(2-6-16)11-26-17-7-3-15-10-18(27-12-19(24)25)8-4-14(15)9-17/h1-3,5-7,9,18H,4,8,10-12H2,(H,24,25). The number of carbonyl (C=O) groups is 1. The third-order valence-corrected chi connectivity index (χ3v) is 4.49. The zero-order valence-electron chi connectivity index (χ0n) is 14.5. The van der Waals surface area contributed by atoms with Gasteiger partial charge in [0.15, 0.2) is 0 Å². The summed E-state index contributed by atoms with van der Waals surface area (Å²) in [5.41, 5.74) is 2.19. The number of halogens is 3. The Morgan fingerprint density at radius 1 is 1.11 bits per heavy atom. The first-order chi connectivity index (χ1) is 12.8. The van der Waals surface area contributed by atoms with Gasteiger partial charge in [-0.1, -0.05) is 18.2 Å². The Hall–Kier alpha value is -2.54. The second-order valence-corrected chi connectivity index (χ2v) is 6.48. The molecule has 0 saturated heterocycles. The maximum atomic E-state index is 12.6. The maximum absolute atomic E-state index is 12.6. The molecule has 27 heavy (non-hydrogen) atoms. The second kappa shape index (κ2) is 8.00. The van der Waals surface area contributed by atoms with Gasteiger partial charge in [0.1, 0.15) is 19.0 Å². The van der Waals surface area contributed by atoms with Crippen molar-refractivity contribution in [2.45, 2.75) is 38.1 Å². The summed E-state index contributed by atoms with van der Waals surface area (Å²) < 4.78 is 48.8. The SMILES string of the molecule is O=C(O)COC1CCc2cc(OCc3ccc(C(F)(F)F)cc3)ccc2C1. The molecule has 0 radical (unpaired) electrons. The van der Waals surface area contributed by atoms with Crippen molar-refractivity contribution in [2.75, 3.05) is 6.61 Å². The summed E-state index contributed by atoms with van der Waals surface area (Å²) in [7, 11) is 0. The van der Waals surface area contributed by atoms with Crippen LogP contribution in [0.4, 0.5) is 13.2 Å². The van der Waals surface area contributed by atoms with Gasteiger partial charge in [0.25, 0.3) is 0 Å². The molecular formula is C20H19F3O4. The summed E-state index contributed by atoms with van der Waals surface area (Å²) in [6.07, 6.45) is -2.29. The van der Waals surface area contributed by atoms with Crippen LogP contribution in [-0.2, 0) is 35.2 Å². The first kappa shape index (κ1) is 19.2. The number of hydrogen-bond acceptors (Lipinski definition) is 3. The summed E-state index contributed by atoms with van der Waals surface area (Å²) in [6.45, 7) is -0.115. The molecule has 0 spiro atoms. The predicted molar refractivity (Wildman–Crippen MR) is 91.6 cm³/mol. The molecular weight excluding hydrogens is 361 g/mol. The van der Waals surface area contributed by atoms with Crippen LogP contribution < -0.4 is 4.74 Å². The van der Waals surface area contributed by atoms with E-state index in [-0.39, 0.29) is 19.3 Å². The fourth-order valence-corrected chi connectivity index (χ4v) is 3.08. The minimum Gasteiger partial charge on any atom is -0.489 e. The number of aliphatic carboxylic acids is 1. The molecule has 0 aliphatic heterocycles. The lowest BCUT2D eigenvalue weighted by Crippen LogP contribution is -2.25. The van der Waals surface area contributed by atoms with Gasteiger partial charge < -0.3 is 14.6 Å². The molecule has 0 bridgehead atoms. The molecule has 0 aromatic heterocycles. The molecule has 2 aromatic rings. The molecule has 4 nitrogen and oxygen atoms in total. The van der Waals surface area contributed by atoms with Crippen molar-refractivity contribution in [1.29, 1.82) is 0 Å². The summed E-state index contributed by atoms with van der Waals surface area (Å²) in [4.78, 5) is 10.6. The second-order valence-electron chi connectivity index (χ2n) is 6.48. The molecule has 7 heteroatoms. The van der Waals surface area contributed by atoms with Crippen molar-refractivity contribution >= 4 is 5.97 Å². The Labute approximate surface area is 154 Å². The summed E-state index contributed by atoms with van der Waals surface area (Å²) >= 11 is 0. The van der Waals surface area contributed by atoms with Crippen LogP contribution in [0.5, 0.6) is 5.75 Å². The minimum absolute atomic E-state index is 0.104. The average Bonchev–Trinajstić information content (AvgIpc) is 2.64. The van der Waals surface area contributed by atoms with Crippen molar-refractivity contribution in [3.05, 3.63) is 64.7 Å². The smallest absolute Gasteiger partial charge is 0.416 e. The zero-order valence-corrected chi connectivity index (χ0v) is 14.5. The number of hydrogen-bond donors (Lipinski definition) is 1. The van der Waals surface area contributed by atoms with Crippen LogP contribution in [0.15, 0.2) is 42.5 Å². The van der Waals surface area contributed by atoms with E-state index in [1.165, 1.54) is 12.1 Å². The van der Waals surface area contributed by atoms with Crippen molar-refractivity contribution in [2.24, 2.45) is 0 Å². The third kappa shape index (κ3) is 5.23. The van der Waals surface area contributed by atoms with Gasteiger partial charge in [0.05, 0.1) is 11.7 Å². The van der Waals surface area contributed by atoms with Gasteiger partial charge in [-0.2, -0.15) is 13.2 Å². The van der Waals surface area contributed by atoms with Gasteiger partial charge in [-0.3, -0.25) is 0 Å². The molecule has 0 amide bonds. The maximum Gasteiger partial charge on any atom is 0.416 e. The Kier molecular flexibility index (Phi) is 5.70. The molecule has 144 valence electrons. The van der Waals surface area contributed by atoms with E-state index in [9.17, 15) is 18.0 Å². The average molecular weight is 380 g/mol. The van der Waals surface area contributed by atoms with Crippen LogP contribution in [0.25, 0.3) is 0 Å². The largest absolute Gasteiger partial charge is 0.489 e. The number of alkyl halides is 3. The van der Waals surface area contributed by atoms with Crippen LogP contribution in [0.1, 0.15) is 28.7 Å². The number of carboxylic acid groups (broad SMARTS) is 1. The topological polar surface area (TPSA) is 55.8 Å². The molecule has 1 aliphatic carbocycles. The molecule has 2 aromatic carbocycles. The lowest BCUT2D eigenvalue weighted by Gasteiger charge is -2.24. The number of ether oxygens (including phenoxy) is 2. The summed E-state index contributed by atoms with van der Waals surface area (Å²) in [5, 5.41) is 8.69. The van der Waals surface area contributed by atoms with E-state index in [0.717, 1.165) is 36.1 Å². The van der Waals surface area contributed by atoms with Crippen molar-refractivity contribution in [3.8, 4) is 5.75 Å². The van der Waals surface area contributed by atoms with Crippen LogP contribution >= 0.6 is 0 Å². The highest BCUT2D eigenvalue weighted by atomic mass is 19.4. The Bertz CT molecular complexity index is 800. The molecule has 1 aliphatic rings. The van der Waals surface area contributed by atoms with Gasteiger partial charge in [-0.05, 0) is 60.2 Å². The number of aryl methyl sites for hydroxylation is 1. The number of fused-ring (bicyclic) bond motifs is 1. The highest BCUT2D eigenvalue weighted by molar-refractivity contribution is 5.68. The molecule has 1 atom stereocenters. The molecule has 0 saturated carbocycles. The van der Waals surface area contributed by atoms with E-state index in [0.29, 0.717) is 17.7 Å². The minimum atomic E-state index is -4.34. The van der Waals surface area contributed by atoms with Gasteiger partial charge in [-0.25, -0.2) is 4.79 Å². The predicted octanol–water partition coefficient (Wildman–Crippen LogP) is 4.24. The van der Waals surface area contributed by atoms with E-state index in [4.69, 9.17) is 14.6 Å². The van der Waals surface area contributed by atoms with Crippen LogP contribution in [-0.4, -0.2) is 23.8 Å². The van der Waals surface area contributed by atoms with Crippen LogP contribution in [0.2, 0.25) is 0 Å². The highest BCUT2D eigenvalue weighted by Crippen LogP contribution is 2.30. The lowest BCUT2D eigenvalue weighted by molar-refractivity contribution is -0.144.